The third kappa shape index (κ3) is 3.73. The molecule has 0 saturated heterocycles. The normalized spacial score (nSPS) is 21.2. The number of oxime groups is 1. The number of aromatic nitrogens is 2. The van der Waals surface area contributed by atoms with Crippen LogP contribution in [0.1, 0.15) is 25.1 Å². The molecule has 0 saturated carbocycles. The van der Waals surface area contributed by atoms with E-state index in [1.54, 1.807) is 0 Å². The standard InChI is InChI=1S/C12H11F8N3O3S/c1-10(2)5(13)7(22-26-10)27(24)12(19,20)4-6(11(16,17)18)21-23(3)8(4)25-9(14)15/h5,9H,1-3H3. The number of aryl methyl sites for hydroxylation is 1. The van der Waals surface area contributed by atoms with Gasteiger partial charge in [0.2, 0.25) is 5.88 Å². The predicted octanol–water partition coefficient (Wildman–Crippen LogP) is 3.30. The second-order valence-corrected chi connectivity index (χ2v) is 7.27. The molecule has 1 aliphatic heterocycles. The summed E-state index contributed by atoms with van der Waals surface area (Å²) in [5.41, 5.74) is -6.34. The fourth-order valence-electron chi connectivity index (χ4n) is 2.09. The van der Waals surface area contributed by atoms with E-state index in [0.29, 0.717) is 7.05 Å². The summed E-state index contributed by atoms with van der Waals surface area (Å²) in [5.74, 6) is -1.68. The zero-order valence-corrected chi connectivity index (χ0v) is 14.5. The summed E-state index contributed by atoms with van der Waals surface area (Å²) < 4.78 is 123. The van der Waals surface area contributed by atoms with E-state index in [1.165, 1.54) is 0 Å². The van der Waals surface area contributed by atoms with E-state index in [-0.39, 0.29) is 4.68 Å². The average Bonchev–Trinajstić information content (AvgIpc) is 2.96. The van der Waals surface area contributed by atoms with Crippen LogP contribution in [0.15, 0.2) is 5.16 Å². The monoisotopic (exact) mass is 429 g/mol. The van der Waals surface area contributed by atoms with E-state index in [0.717, 1.165) is 13.8 Å². The van der Waals surface area contributed by atoms with Crippen LogP contribution in [-0.2, 0) is 34.1 Å². The molecule has 0 N–H and O–H groups in total. The number of hydrogen-bond acceptors (Lipinski definition) is 5. The third-order valence-corrected chi connectivity index (χ3v) is 4.71. The van der Waals surface area contributed by atoms with E-state index in [1.807, 2.05) is 0 Å². The summed E-state index contributed by atoms with van der Waals surface area (Å²) in [5, 5.41) is -0.789. The lowest BCUT2D eigenvalue weighted by Crippen LogP contribution is -2.39. The van der Waals surface area contributed by atoms with Crippen molar-refractivity contribution in [3.63, 3.8) is 0 Å². The minimum absolute atomic E-state index is 0.0146. The van der Waals surface area contributed by atoms with Crippen LogP contribution in [0.3, 0.4) is 0 Å². The van der Waals surface area contributed by atoms with Crippen LogP contribution >= 0.6 is 0 Å². The van der Waals surface area contributed by atoms with Gasteiger partial charge in [0.05, 0.1) is 0 Å². The van der Waals surface area contributed by atoms with Crippen molar-refractivity contribution in [1.82, 2.24) is 9.78 Å². The number of rotatable bonds is 4. The van der Waals surface area contributed by atoms with E-state index >= 15 is 0 Å². The Hall–Kier alpha value is -1.93. The fraction of sp³-hybridized carbons (Fsp3) is 0.667. The minimum atomic E-state index is -5.53. The lowest BCUT2D eigenvalue weighted by Gasteiger charge is -2.21. The summed E-state index contributed by atoms with van der Waals surface area (Å²) in [4.78, 5) is 4.51. The molecule has 154 valence electrons. The van der Waals surface area contributed by atoms with Crippen molar-refractivity contribution in [2.45, 2.75) is 43.7 Å². The lowest BCUT2D eigenvalue weighted by atomic mass is 10.1. The minimum Gasteiger partial charge on any atom is -0.417 e. The average molecular weight is 429 g/mol. The number of ether oxygens (including phenoxy) is 1. The molecule has 27 heavy (non-hydrogen) atoms. The first-order chi connectivity index (χ1) is 12.1. The van der Waals surface area contributed by atoms with Crippen LogP contribution in [0.4, 0.5) is 35.1 Å². The molecule has 0 radical (unpaired) electrons. The van der Waals surface area contributed by atoms with Crippen LogP contribution < -0.4 is 4.74 Å². The maximum Gasteiger partial charge on any atom is 0.435 e. The quantitative estimate of drug-likeness (QED) is 0.690. The molecule has 2 heterocycles. The summed E-state index contributed by atoms with van der Waals surface area (Å²) in [6.45, 7) is -1.65. The van der Waals surface area contributed by atoms with Crippen molar-refractivity contribution in [3.8, 4) is 5.88 Å². The van der Waals surface area contributed by atoms with Crippen molar-refractivity contribution in [2.24, 2.45) is 12.2 Å². The van der Waals surface area contributed by atoms with E-state index in [4.69, 9.17) is 0 Å². The highest BCUT2D eigenvalue weighted by atomic mass is 32.2. The molecule has 0 aliphatic carbocycles. The van der Waals surface area contributed by atoms with Crippen molar-refractivity contribution in [3.05, 3.63) is 11.3 Å². The molecule has 6 nitrogen and oxygen atoms in total. The van der Waals surface area contributed by atoms with Gasteiger partial charge in [0.1, 0.15) is 16.4 Å². The van der Waals surface area contributed by atoms with Crippen molar-refractivity contribution < 1.29 is 48.9 Å². The van der Waals surface area contributed by atoms with E-state index in [9.17, 15) is 39.3 Å². The summed E-state index contributed by atoms with van der Waals surface area (Å²) in [7, 11) is -3.22. The fourth-order valence-corrected chi connectivity index (χ4v) is 3.30. The molecule has 15 heteroatoms. The number of halogens is 8. The Kier molecular flexibility index (Phi) is 5.22. The van der Waals surface area contributed by atoms with Gasteiger partial charge in [-0.25, -0.2) is 13.3 Å². The predicted molar refractivity (Wildman–Crippen MR) is 74.4 cm³/mol. The van der Waals surface area contributed by atoms with Gasteiger partial charge in [-0.3, -0.25) is 0 Å². The molecule has 1 aromatic heterocycles. The Bertz CT molecular complexity index is 790. The second kappa shape index (κ2) is 6.60. The van der Waals surface area contributed by atoms with Gasteiger partial charge in [-0.05, 0) is 13.8 Å². The van der Waals surface area contributed by atoms with Gasteiger partial charge in [-0.1, -0.05) is 5.16 Å². The van der Waals surface area contributed by atoms with Gasteiger partial charge in [-0.15, -0.1) is 0 Å². The smallest absolute Gasteiger partial charge is 0.417 e. The molecular weight excluding hydrogens is 418 g/mol. The Morgan fingerprint density at radius 2 is 1.81 bits per heavy atom. The van der Waals surface area contributed by atoms with Gasteiger partial charge in [0.15, 0.2) is 22.5 Å². The van der Waals surface area contributed by atoms with Crippen LogP contribution in [-0.4, -0.2) is 37.4 Å². The SMILES string of the molecule is Cn1nc(C(F)(F)F)c(C(F)(F)S(=O)C2=NOC(C)(C)C2F)c1OC(F)F. The molecule has 0 amide bonds. The van der Waals surface area contributed by atoms with Gasteiger partial charge in [0, 0.05) is 7.05 Å². The molecule has 0 aromatic carbocycles. The van der Waals surface area contributed by atoms with Crippen LogP contribution in [0.5, 0.6) is 5.88 Å². The summed E-state index contributed by atoms with van der Waals surface area (Å²) in [6, 6.07) is 0. The van der Waals surface area contributed by atoms with Crippen molar-refractivity contribution in [1.29, 1.82) is 0 Å². The Labute approximate surface area is 148 Å². The van der Waals surface area contributed by atoms with E-state index in [2.05, 4.69) is 19.8 Å². The van der Waals surface area contributed by atoms with Gasteiger partial charge in [0.25, 0.3) is 0 Å². The Morgan fingerprint density at radius 1 is 1.26 bits per heavy atom. The first kappa shape index (κ1) is 21.4. The Balaban J connectivity index is 2.62. The van der Waals surface area contributed by atoms with Crippen molar-refractivity contribution in [2.75, 3.05) is 0 Å². The number of hydrogen-bond donors (Lipinski definition) is 0. The molecule has 0 spiro atoms. The third-order valence-electron chi connectivity index (χ3n) is 3.38. The van der Waals surface area contributed by atoms with Gasteiger partial charge >= 0.3 is 18.0 Å². The highest BCUT2D eigenvalue weighted by molar-refractivity contribution is 8.01. The largest absolute Gasteiger partial charge is 0.435 e. The zero-order valence-electron chi connectivity index (χ0n) is 13.7. The number of alkyl halides is 8. The molecule has 1 aliphatic rings. The number of nitrogens with zero attached hydrogens (tertiary/aromatic N) is 3. The first-order valence-electron chi connectivity index (χ1n) is 6.90. The Morgan fingerprint density at radius 3 is 2.22 bits per heavy atom. The maximum atomic E-state index is 14.7. The highest BCUT2D eigenvalue weighted by Crippen LogP contribution is 2.47. The second-order valence-electron chi connectivity index (χ2n) is 5.80. The van der Waals surface area contributed by atoms with Crippen LogP contribution in [0.25, 0.3) is 0 Å². The summed E-state index contributed by atoms with van der Waals surface area (Å²) >= 11 is 0. The summed E-state index contributed by atoms with van der Waals surface area (Å²) in [6.07, 6.45) is -7.98. The molecular formula is C12H11F8N3O3S. The zero-order chi connectivity index (χ0) is 20.9. The molecule has 0 bridgehead atoms. The maximum absolute atomic E-state index is 14.7. The molecule has 0 fully saturated rings. The van der Waals surface area contributed by atoms with Gasteiger partial charge in [-0.2, -0.15) is 35.8 Å². The van der Waals surface area contributed by atoms with E-state index < -0.39 is 62.8 Å². The lowest BCUT2D eigenvalue weighted by molar-refractivity contribution is -0.144. The first-order valence-corrected chi connectivity index (χ1v) is 8.05. The molecule has 1 aromatic rings. The van der Waals surface area contributed by atoms with Crippen LogP contribution in [0, 0.1) is 0 Å². The highest BCUT2D eigenvalue weighted by Gasteiger charge is 2.58. The van der Waals surface area contributed by atoms with Crippen molar-refractivity contribution >= 4 is 15.8 Å². The molecule has 2 atom stereocenters. The topological polar surface area (TPSA) is 65.7 Å². The van der Waals surface area contributed by atoms with Gasteiger partial charge < -0.3 is 9.57 Å². The molecule has 2 unspecified atom stereocenters. The van der Waals surface area contributed by atoms with Crippen LogP contribution in [0.2, 0.25) is 0 Å². The molecule has 2 rings (SSSR count).